The highest BCUT2D eigenvalue weighted by molar-refractivity contribution is 7.92. The number of sulfonamides is 1. The van der Waals surface area contributed by atoms with Gasteiger partial charge in [-0.15, -0.1) is 0 Å². The van der Waals surface area contributed by atoms with E-state index in [0.717, 1.165) is 21.0 Å². The molecular weight excluding hydrogens is 617 g/mol. The van der Waals surface area contributed by atoms with E-state index in [-0.39, 0.29) is 35.5 Å². The first-order valence-corrected chi connectivity index (χ1v) is 16.4. The summed E-state index contributed by atoms with van der Waals surface area (Å²) in [6.07, 6.45) is 0.234. The van der Waals surface area contributed by atoms with Crippen LogP contribution in [0.1, 0.15) is 30.5 Å². The highest BCUT2D eigenvalue weighted by Crippen LogP contribution is 2.28. The lowest BCUT2D eigenvalue weighted by molar-refractivity contribution is -0.140. The zero-order chi connectivity index (χ0) is 31.9. The fourth-order valence-electron chi connectivity index (χ4n) is 4.84. The lowest BCUT2D eigenvalue weighted by Gasteiger charge is -2.34. The number of hydrogen-bond donors (Lipinski definition) is 1. The molecule has 1 N–H and O–H groups in total. The second kappa shape index (κ2) is 14.8. The van der Waals surface area contributed by atoms with Gasteiger partial charge in [-0.3, -0.25) is 13.9 Å². The lowest BCUT2D eigenvalue weighted by atomic mass is 10.0. The number of rotatable bonds is 12. The second-order valence-corrected chi connectivity index (χ2v) is 13.6. The van der Waals surface area contributed by atoms with E-state index in [1.54, 1.807) is 18.2 Å². The first-order chi connectivity index (χ1) is 20.9. The van der Waals surface area contributed by atoms with Gasteiger partial charge in [-0.05, 0) is 74.4 Å². The van der Waals surface area contributed by atoms with E-state index >= 15 is 0 Å². The fraction of sp³-hybridized carbons (Fsp3) is 0.235. The molecule has 4 rings (SSSR count). The van der Waals surface area contributed by atoms with E-state index in [1.165, 1.54) is 35.2 Å². The van der Waals surface area contributed by atoms with Crippen molar-refractivity contribution in [3.05, 3.63) is 130 Å². The van der Waals surface area contributed by atoms with E-state index < -0.39 is 28.5 Å². The Balaban J connectivity index is 1.81. The van der Waals surface area contributed by atoms with Gasteiger partial charge in [0.25, 0.3) is 10.0 Å². The molecule has 4 aromatic rings. The fourth-order valence-corrected chi connectivity index (χ4v) is 6.55. The van der Waals surface area contributed by atoms with Gasteiger partial charge in [0.1, 0.15) is 12.6 Å². The largest absolute Gasteiger partial charge is 0.352 e. The molecule has 2 amide bonds. The summed E-state index contributed by atoms with van der Waals surface area (Å²) >= 11 is 12.3. The number of halogens is 2. The summed E-state index contributed by atoms with van der Waals surface area (Å²) in [6, 6.07) is 28.0. The van der Waals surface area contributed by atoms with E-state index in [2.05, 4.69) is 5.32 Å². The Morgan fingerprint density at radius 3 is 2.09 bits per heavy atom. The quantitative estimate of drug-likeness (QED) is 0.186. The van der Waals surface area contributed by atoms with Gasteiger partial charge in [-0.2, -0.15) is 0 Å². The molecule has 0 heterocycles. The number of carbonyl (C=O) groups is 2. The van der Waals surface area contributed by atoms with Crippen LogP contribution in [0.25, 0.3) is 0 Å². The van der Waals surface area contributed by atoms with Crippen molar-refractivity contribution in [3.8, 4) is 0 Å². The van der Waals surface area contributed by atoms with E-state index in [9.17, 15) is 18.0 Å². The standard InChI is InChI=1S/C34H35Cl2N3O4S/c1-24(2)37-34(41)32(20-26-10-5-4-6-11-26)38(22-27-12-7-9-25(3)19-27)33(40)23-39(30-14-8-13-29(36)21-30)44(42,43)31-17-15-28(35)16-18-31/h4-19,21,24,32H,20,22-23H2,1-3H3,(H,37,41)/t32-/m1/s1. The van der Waals surface area contributed by atoms with Crippen LogP contribution in [0.2, 0.25) is 10.0 Å². The van der Waals surface area contributed by atoms with Gasteiger partial charge >= 0.3 is 0 Å². The number of hydrogen-bond acceptors (Lipinski definition) is 4. The molecule has 1 atom stereocenters. The highest BCUT2D eigenvalue weighted by Gasteiger charge is 2.35. The van der Waals surface area contributed by atoms with Gasteiger partial charge in [-0.25, -0.2) is 8.42 Å². The molecule has 0 aliphatic rings. The zero-order valence-corrected chi connectivity index (χ0v) is 27.1. The first kappa shape index (κ1) is 33.1. The van der Waals surface area contributed by atoms with Crippen LogP contribution in [0.15, 0.2) is 108 Å². The van der Waals surface area contributed by atoms with Gasteiger partial charge in [0, 0.05) is 29.1 Å². The van der Waals surface area contributed by atoms with Crippen molar-refractivity contribution >= 4 is 50.7 Å². The Bertz CT molecular complexity index is 1700. The molecule has 4 aromatic carbocycles. The van der Waals surface area contributed by atoms with Crippen LogP contribution < -0.4 is 9.62 Å². The van der Waals surface area contributed by atoms with Gasteiger partial charge in [0.15, 0.2) is 0 Å². The van der Waals surface area contributed by atoms with Crippen molar-refractivity contribution < 1.29 is 18.0 Å². The summed E-state index contributed by atoms with van der Waals surface area (Å²) in [4.78, 5) is 29.6. The van der Waals surface area contributed by atoms with E-state index in [4.69, 9.17) is 23.2 Å². The number of nitrogens with one attached hydrogen (secondary N) is 1. The van der Waals surface area contributed by atoms with Crippen molar-refractivity contribution in [2.24, 2.45) is 0 Å². The Hall–Kier alpha value is -3.85. The average molecular weight is 653 g/mol. The number of nitrogens with zero attached hydrogens (tertiary/aromatic N) is 2. The van der Waals surface area contributed by atoms with Crippen LogP contribution in [0, 0.1) is 6.92 Å². The molecule has 44 heavy (non-hydrogen) atoms. The predicted molar refractivity (Wildman–Crippen MR) is 176 cm³/mol. The van der Waals surface area contributed by atoms with Crippen molar-refractivity contribution in [1.29, 1.82) is 0 Å². The summed E-state index contributed by atoms with van der Waals surface area (Å²) in [7, 11) is -4.25. The first-order valence-electron chi connectivity index (χ1n) is 14.2. The molecule has 0 fully saturated rings. The van der Waals surface area contributed by atoms with Crippen LogP contribution in [0.5, 0.6) is 0 Å². The van der Waals surface area contributed by atoms with Gasteiger partial charge in [0.05, 0.1) is 10.6 Å². The molecule has 230 valence electrons. The topological polar surface area (TPSA) is 86.8 Å². The number of aryl methyl sites for hydroxylation is 1. The monoisotopic (exact) mass is 651 g/mol. The minimum Gasteiger partial charge on any atom is -0.352 e. The second-order valence-electron chi connectivity index (χ2n) is 10.8. The lowest BCUT2D eigenvalue weighted by Crippen LogP contribution is -2.54. The molecule has 0 saturated heterocycles. The van der Waals surface area contributed by atoms with Crippen LogP contribution >= 0.6 is 23.2 Å². The third-order valence-corrected chi connectivity index (χ3v) is 9.19. The maximum Gasteiger partial charge on any atom is 0.264 e. The molecule has 0 radical (unpaired) electrons. The Labute approximate surface area is 269 Å². The summed E-state index contributed by atoms with van der Waals surface area (Å²) in [6.45, 7) is 5.17. The van der Waals surface area contributed by atoms with Crippen LogP contribution in [-0.2, 0) is 32.6 Å². The van der Waals surface area contributed by atoms with Gasteiger partial charge in [0.2, 0.25) is 11.8 Å². The summed E-state index contributed by atoms with van der Waals surface area (Å²) in [5.74, 6) is -0.886. The Morgan fingerprint density at radius 1 is 0.795 bits per heavy atom. The molecule has 0 aliphatic heterocycles. The molecule has 0 aliphatic carbocycles. The number of anilines is 1. The van der Waals surface area contributed by atoms with Crippen molar-refractivity contribution in [2.75, 3.05) is 10.8 Å². The van der Waals surface area contributed by atoms with E-state index in [1.807, 2.05) is 75.4 Å². The van der Waals surface area contributed by atoms with Crippen molar-refractivity contribution in [2.45, 2.75) is 50.7 Å². The molecule has 0 unspecified atom stereocenters. The normalized spacial score (nSPS) is 12.0. The molecule has 0 aromatic heterocycles. The Kier molecular flexibility index (Phi) is 11.1. The Morgan fingerprint density at radius 2 is 1.45 bits per heavy atom. The van der Waals surface area contributed by atoms with Crippen LogP contribution in [-0.4, -0.2) is 43.8 Å². The highest BCUT2D eigenvalue weighted by atomic mass is 35.5. The van der Waals surface area contributed by atoms with Gasteiger partial charge < -0.3 is 10.2 Å². The van der Waals surface area contributed by atoms with Crippen LogP contribution in [0.3, 0.4) is 0 Å². The minimum atomic E-state index is -4.25. The smallest absolute Gasteiger partial charge is 0.264 e. The van der Waals surface area contributed by atoms with Gasteiger partial charge in [-0.1, -0.05) is 89.4 Å². The van der Waals surface area contributed by atoms with E-state index in [0.29, 0.717) is 10.0 Å². The number of carbonyl (C=O) groups excluding carboxylic acids is 2. The summed E-state index contributed by atoms with van der Waals surface area (Å²) in [5.41, 5.74) is 2.87. The maximum atomic E-state index is 14.4. The summed E-state index contributed by atoms with van der Waals surface area (Å²) in [5, 5.41) is 3.64. The zero-order valence-electron chi connectivity index (χ0n) is 24.8. The SMILES string of the molecule is Cc1cccc(CN(C(=O)CN(c2cccc(Cl)c2)S(=O)(=O)c2ccc(Cl)cc2)[C@H](Cc2ccccc2)C(=O)NC(C)C)c1. The minimum absolute atomic E-state index is 0.0432. The molecule has 10 heteroatoms. The maximum absolute atomic E-state index is 14.4. The molecule has 0 spiro atoms. The predicted octanol–water partition coefficient (Wildman–Crippen LogP) is 6.66. The number of benzene rings is 4. The molecule has 0 bridgehead atoms. The third kappa shape index (κ3) is 8.62. The third-order valence-electron chi connectivity index (χ3n) is 6.91. The van der Waals surface area contributed by atoms with Crippen molar-refractivity contribution in [3.63, 3.8) is 0 Å². The molecular formula is C34H35Cl2N3O4S. The molecule has 7 nitrogen and oxygen atoms in total. The molecule has 0 saturated carbocycles. The van der Waals surface area contributed by atoms with Crippen LogP contribution in [0.4, 0.5) is 5.69 Å². The summed E-state index contributed by atoms with van der Waals surface area (Å²) < 4.78 is 29.1. The number of amides is 2. The average Bonchev–Trinajstić information content (AvgIpc) is 2.98. The van der Waals surface area contributed by atoms with Crippen molar-refractivity contribution in [1.82, 2.24) is 10.2 Å².